The summed E-state index contributed by atoms with van der Waals surface area (Å²) in [4.78, 5) is 21.6. The third-order valence-electron chi connectivity index (χ3n) is 6.58. The summed E-state index contributed by atoms with van der Waals surface area (Å²) in [6.07, 6.45) is -0.370. The lowest BCUT2D eigenvalue weighted by atomic mass is 10.1. The Kier molecular flexibility index (Phi) is 7.42. The van der Waals surface area contributed by atoms with Crippen LogP contribution < -0.4 is 4.90 Å². The topological polar surface area (TPSA) is 73.8 Å². The van der Waals surface area contributed by atoms with E-state index < -0.39 is 21.8 Å². The fourth-order valence-electron chi connectivity index (χ4n) is 4.32. The molecule has 4 rings (SSSR count). The summed E-state index contributed by atoms with van der Waals surface area (Å²) in [6.45, 7) is 6.15. The van der Waals surface area contributed by atoms with Crippen LogP contribution >= 0.6 is 0 Å². The molecule has 1 aromatic heterocycles. The largest absolute Gasteiger partial charge is 0.416 e. The standard InChI is InChI=1S/C25H29F3N4O3S/c1-18-17-31(36(34,35)16-3-5-20-6-8-21(9-7-20)25(26,27)28)14-15-32(18)24(33)22-10-11-23(29-19(22)2)30-12-4-13-30/h3,5-11,18H,4,12-17H2,1-2H3. The predicted molar refractivity (Wildman–Crippen MR) is 132 cm³/mol. The van der Waals surface area contributed by atoms with Crippen LogP contribution in [-0.4, -0.2) is 73.0 Å². The van der Waals surface area contributed by atoms with Gasteiger partial charge in [-0.3, -0.25) is 4.79 Å². The van der Waals surface area contributed by atoms with Crippen molar-refractivity contribution in [1.82, 2.24) is 14.2 Å². The first-order valence-electron chi connectivity index (χ1n) is 11.8. The molecule has 0 radical (unpaired) electrons. The quantitative estimate of drug-likeness (QED) is 0.577. The van der Waals surface area contributed by atoms with Crippen LogP contribution in [0, 0.1) is 6.92 Å². The molecule has 2 aromatic rings. The van der Waals surface area contributed by atoms with Gasteiger partial charge in [0, 0.05) is 38.8 Å². The number of sulfonamides is 1. The number of amides is 1. The number of nitrogens with zero attached hydrogens (tertiary/aromatic N) is 4. The number of halogens is 3. The fraction of sp³-hybridized carbons (Fsp3) is 0.440. The minimum Gasteiger partial charge on any atom is -0.356 e. The molecule has 2 aliphatic rings. The van der Waals surface area contributed by atoms with Crippen molar-refractivity contribution in [2.24, 2.45) is 0 Å². The van der Waals surface area contributed by atoms with Gasteiger partial charge in [-0.1, -0.05) is 24.3 Å². The Hall–Kier alpha value is -2.92. The molecule has 0 aliphatic carbocycles. The number of aryl methyl sites for hydroxylation is 1. The van der Waals surface area contributed by atoms with Gasteiger partial charge in [-0.05, 0) is 50.1 Å². The molecule has 11 heteroatoms. The molecule has 1 amide bonds. The molecule has 36 heavy (non-hydrogen) atoms. The summed E-state index contributed by atoms with van der Waals surface area (Å²) in [5, 5.41) is 0. The Morgan fingerprint density at radius 3 is 2.33 bits per heavy atom. The summed E-state index contributed by atoms with van der Waals surface area (Å²) >= 11 is 0. The van der Waals surface area contributed by atoms with Crippen molar-refractivity contribution in [3.8, 4) is 0 Å². The highest BCUT2D eigenvalue weighted by atomic mass is 32.2. The van der Waals surface area contributed by atoms with Crippen molar-refractivity contribution in [1.29, 1.82) is 0 Å². The van der Waals surface area contributed by atoms with Gasteiger partial charge >= 0.3 is 6.18 Å². The summed E-state index contributed by atoms with van der Waals surface area (Å²) in [7, 11) is -3.64. The summed E-state index contributed by atoms with van der Waals surface area (Å²) in [5.41, 5.74) is 0.889. The third-order valence-corrected chi connectivity index (χ3v) is 8.31. The van der Waals surface area contributed by atoms with Crippen LogP contribution in [0.2, 0.25) is 0 Å². The van der Waals surface area contributed by atoms with E-state index in [0.29, 0.717) is 16.8 Å². The molecule has 1 unspecified atom stereocenters. The zero-order chi connectivity index (χ0) is 26.1. The van der Waals surface area contributed by atoms with Crippen LogP contribution in [0.4, 0.5) is 19.0 Å². The Labute approximate surface area is 209 Å². The molecule has 0 bridgehead atoms. The second-order valence-electron chi connectivity index (χ2n) is 9.15. The maximum Gasteiger partial charge on any atom is 0.416 e. The van der Waals surface area contributed by atoms with Crippen LogP contribution in [0.1, 0.15) is 40.5 Å². The molecule has 194 valence electrons. The first-order valence-corrected chi connectivity index (χ1v) is 13.4. The molecular formula is C25H29F3N4O3S. The molecule has 0 saturated carbocycles. The Balaban J connectivity index is 1.35. The number of rotatable bonds is 6. The van der Waals surface area contributed by atoms with Crippen LogP contribution in [0.3, 0.4) is 0 Å². The van der Waals surface area contributed by atoms with Gasteiger partial charge in [0.2, 0.25) is 10.0 Å². The summed E-state index contributed by atoms with van der Waals surface area (Å²) < 4.78 is 65.1. The number of anilines is 1. The molecular weight excluding hydrogens is 493 g/mol. The first kappa shape index (κ1) is 26.2. The highest BCUT2D eigenvalue weighted by Crippen LogP contribution is 2.29. The van der Waals surface area contributed by atoms with E-state index in [2.05, 4.69) is 9.88 Å². The number of pyridine rings is 1. The minimum absolute atomic E-state index is 0.165. The van der Waals surface area contributed by atoms with Crippen LogP contribution in [0.5, 0.6) is 0 Å². The van der Waals surface area contributed by atoms with E-state index >= 15 is 0 Å². The zero-order valence-corrected chi connectivity index (χ0v) is 21.0. The van der Waals surface area contributed by atoms with E-state index in [1.54, 1.807) is 11.0 Å². The fourth-order valence-corrected chi connectivity index (χ4v) is 5.68. The molecule has 1 aromatic carbocycles. The average molecular weight is 523 g/mol. The van der Waals surface area contributed by atoms with Gasteiger partial charge in [0.25, 0.3) is 5.91 Å². The Morgan fingerprint density at radius 1 is 1.08 bits per heavy atom. The number of hydrogen-bond acceptors (Lipinski definition) is 5. The molecule has 0 N–H and O–H groups in total. The first-order chi connectivity index (χ1) is 17.0. The number of piperazine rings is 1. The van der Waals surface area contributed by atoms with Gasteiger partial charge in [0.05, 0.1) is 22.6 Å². The van der Waals surface area contributed by atoms with Crippen molar-refractivity contribution in [2.75, 3.05) is 43.4 Å². The van der Waals surface area contributed by atoms with Crippen molar-refractivity contribution in [2.45, 2.75) is 32.5 Å². The zero-order valence-electron chi connectivity index (χ0n) is 20.2. The maximum absolute atomic E-state index is 13.2. The minimum atomic E-state index is -4.42. The van der Waals surface area contributed by atoms with Gasteiger partial charge in [0.15, 0.2) is 0 Å². The Bertz CT molecular complexity index is 1240. The van der Waals surface area contributed by atoms with E-state index in [-0.39, 0.29) is 37.3 Å². The van der Waals surface area contributed by atoms with E-state index in [4.69, 9.17) is 0 Å². The molecule has 2 aliphatic heterocycles. The smallest absolute Gasteiger partial charge is 0.356 e. The van der Waals surface area contributed by atoms with Crippen LogP contribution in [0.25, 0.3) is 6.08 Å². The van der Waals surface area contributed by atoms with Crippen molar-refractivity contribution in [3.05, 3.63) is 64.9 Å². The number of aromatic nitrogens is 1. The number of alkyl halides is 3. The van der Waals surface area contributed by atoms with Gasteiger partial charge in [-0.15, -0.1) is 0 Å². The lowest BCUT2D eigenvalue weighted by molar-refractivity contribution is -0.137. The van der Waals surface area contributed by atoms with Crippen molar-refractivity contribution >= 4 is 27.8 Å². The van der Waals surface area contributed by atoms with Gasteiger partial charge in [-0.25, -0.2) is 13.4 Å². The highest BCUT2D eigenvalue weighted by Gasteiger charge is 2.34. The van der Waals surface area contributed by atoms with Crippen molar-refractivity contribution in [3.63, 3.8) is 0 Å². The molecule has 7 nitrogen and oxygen atoms in total. The lowest BCUT2D eigenvalue weighted by Gasteiger charge is -2.39. The summed E-state index contributed by atoms with van der Waals surface area (Å²) in [6, 6.07) is 7.84. The number of carbonyl (C=O) groups excluding carboxylic acids is 1. The van der Waals surface area contributed by atoms with Crippen molar-refractivity contribution < 1.29 is 26.4 Å². The predicted octanol–water partition coefficient (Wildman–Crippen LogP) is 3.81. The third kappa shape index (κ3) is 5.73. The SMILES string of the molecule is Cc1nc(N2CCC2)ccc1C(=O)N1CCN(S(=O)(=O)CC=Cc2ccc(C(F)(F)F)cc2)CC1C. The normalized spacial score (nSPS) is 19.5. The van der Waals surface area contributed by atoms with E-state index in [1.807, 2.05) is 19.9 Å². The molecule has 2 saturated heterocycles. The summed E-state index contributed by atoms with van der Waals surface area (Å²) in [5.74, 6) is 0.417. The second-order valence-corrected chi connectivity index (χ2v) is 11.2. The van der Waals surface area contributed by atoms with Gasteiger partial charge in [-0.2, -0.15) is 17.5 Å². The monoisotopic (exact) mass is 522 g/mol. The molecule has 1 atom stereocenters. The van der Waals surface area contributed by atoms with Gasteiger partial charge in [0.1, 0.15) is 5.82 Å². The Morgan fingerprint density at radius 2 is 1.78 bits per heavy atom. The van der Waals surface area contributed by atoms with Gasteiger partial charge < -0.3 is 9.80 Å². The number of carbonyl (C=O) groups is 1. The lowest BCUT2D eigenvalue weighted by Crippen LogP contribution is -2.55. The average Bonchev–Trinajstić information content (AvgIpc) is 2.77. The molecule has 3 heterocycles. The van der Waals surface area contributed by atoms with E-state index in [0.717, 1.165) is 37.5 Å². The van der Waals surface area contributed by atoms with Crippen LogP contribution in [-0.2, 0) is 16.2 Å². The van der Waals surface area contributed by atoms with E-state index in [9.17, 15) is 26.4 Å². The maximum atomic E-state index is 13.2. The second kappa shape index (κ2) is 10.2. The van der Waals surface area contributed by atoms with Crippen LogP contribution in [0.15, 0.2) is 42.5 Å². The van der Waals surface area contributed by atoms with E-state index in [1.165, 1.54) is 28.6 Å². The molecule has 0 spiro atoms. The number of benzene rings is 1. The highest BCUT2D eigenvalue weighted by molar-refractivity contribution is 7.89. The molecule has 2 fully saturated rings. The number of hydrogen-bond donors (Lipinski definition) is 0.